The summed E-state index contributed by atoms with van der Waals surface area (Å²) in [6.07, 6.45) is -0.640. The molecule has 1 rings (SSSR count). The SMILES string of the molecule is OCC#Cc1csc(CSCC(O)CO)c1. The molecule has 0 spiro atoms. The molecule has 0 amide bonds. The van der Waals surface area contributed by atoms with Gasteiger partial charge in [-0.3, -0.25) is 0 Å². The normalized spacial score (nSPS) is 11.9. The van der Waals surface area contributed by atoms with E-state index in [1.54, 1.807) is 23.1 Å². The monoisotopic (exact) mass is 258 g/mol. The Hall–Kier alpha value is -0.510. The number of thiophene rings is 1. The highest BCUT2D eigenvalue weighted by atomic mass is 32.2. The third-order valence-electron chi connectivity index (χ3n) is 1.73. The average Bonchev–Trinajstić information content (AvgIpc) is 2.74. The lowest BCUT2D eigenvalue weighted by molar-refractivity contribution is 0.113. The summed E-state index contributed by atoms with van der Waals surface area (Å²) in [6.45, 7) is -0.312. The Kier molecular flexibility index (Phi) is 6.53. The van der Waals surface area contributed by atoms with Crippen LogP contribution >= 0.6 is 23.1 Å². The summed E-state index contributed by atoms with van der Waals surface area (Å²) in [4.78, 5) is 1.18. The highest BCUT2D eigenvalue weighted by molar-refractivity contribution is 7.98. The maximum atomic E-state index is 9.14. The van der Waals surface area contributed by atoms with Gasteiger partial charge in [-0.25, -0.2) is 0 Å². The zero-order valence-electron chi connectivity index (χ0n) is 8.72. The molecule has 0 radical (unpaired) electrons. The predicted octanol–water partition coefficient (Wildman–Crippen LogP) is 0.678. The number of aliphatic hydroxyl groups excluding tert-OH is 3. The molecule has 16 heavy (non-hydrogen) atoms. The van der Waals surface area contributed by atoms with Crippen LogP contribution in [0.1, 0.15) is 10.4 Å². The lowest BCUT2D eigenvalue weighted by Crippen LogP contribution is -2.14. The first-order valence-electron chi connectivity index (χ1n) is 4.80. The van der Waals surface area contributed by atoms with Crippen LogP contribution in [0.2, 0.25) is 0 Å². The summed E-state index contributed by atoms with van der Waals surface area (Å²) in [5.41, 5.74) is 0.914. The number of thioether (sulfide) groups is 1. The van der Waals surface area contributed by atoms with E-state index in [1.165, 1.54) is 4.88 Å². The van der Waals surface area contributed by atoms with E-state index in [1.807, 2.05) is 11.4 Å². The zero-order chi connectivity index (χ0) is 11.8. The van der Waals surface area contributed by atoms with Crippen LogP contribution in [0.25, 0.3) is 0 Å². The molecule has 0 bridgehead atoms. The Labute approximate surface area is 103 Å². The maximum absolute atomic E-state index is 9.14. The highest BCUT2D eigenvalue weighted by Crippen LogP contribution is 2.20. The van der Waals surface area contributed by atoms with Crippen molar-refractivity contribution in [2.45, 2.75) is 11.9 Å². The second kappa shape index (κ2) is 7.71. The third kappa shape index (κ3) is 5.01. The van der Waals surface area contributed by atoms with Gasteiger partial charge in [-0.2, -0.15) is 11.8 Å². The Morgan fingerprint density at radius 1 is 1.44 bits per heavy atom. The van der Waals surface area contributed by atoms with E-state index in [-0.39, 0.29) is 13.2 Å². The minimum absolute atomic E-state index is 0.122. The van der Waals surface area contributed by atoms with E-state index in [0.29, 0.717) is 5.75 Å². The molecule has 3 nitrogen and oxygen atoms in total. The summed E-state index contributed by atoms with van der Waals surface area (Å²) in [5, 5.41) is 28.3. The topological polar surface area (TPSA) is 60.7 Å². The molecule has 0 fully saturated rings. The average molecular weight is 258 g/mol. The maximum Gasteiger partial charge on any atom is 0.104 e. The van der Waals surface area contributed by atoms with Crippen molar-refractivity contribution in [1.29, 1.82) is 0 Å². The first-order chi connectivity index (χ1) is 7.76. The van der Waals surface area contributed by atoms with Crippen molar-refractivity contribution in [2.75, 3.05) is 19.0 Å². The lowest BCUT2D eigenvalue weighted by atomic mass is 10.3. The molecule has 1 aromatic rings. The van der Waals surface area contributed by atoms with Crippen LogP contribution in [-0.4, -0.2) is 40.4 Å². The van der Waals surface area contributed by atoms with Crippen molar-refractivity contribution in [3.63, 3.8) is 0 Å². The van der Waals surface area contributed by atoms with Gasteiger partial charge in [0.25, 0.3) is 0 Å². The summed E-state index contributed by atoms with van der Waals surface area (Å²) in [6, 6.07) is 1.98. The Balaban J connectivity index is 2.35. The van der Waals surface area contributed by atoms with E-state index in [0.717, 1.165) is 11.3 Å². The third-order valence-corrected chi connectivity index (χ3v) is 3.99. The molecule has 0 saturated heterocycles. The summed E-state index contributed by atoms with van der Waals surface area (Å²) < 4.78 is 0. The van der Waals surface area contributed by atoms with E-state index >= 15 is 0 Å². The minimum Gasteiger partial charge on any atom is -0.394 e. The molecular weight excluding hydrogens is 244 g/mol. The molecular formula is C11H14O3S2. The van der Waals surface area contributed by atoms with Crippen LogP contribution in [0.5, 0.6) is 0 Å². The molecule has 0 saturated carbocycles. The van der Waals surface area contributed by atoms with Crippen LogP contribution in [0.4, 0.5) is 0 Å². The van der Waals surface area contributed by atoms with Crippen molar-refractivity contribution in [1.82, 2.24) is 0 Å². The molecule has 0 aromatic carbocycles. The molecule has 3 N–H and O–H groups in total. The standard InChI is InChI=1S/C11H14O3S2/c12-3-1-2-9-4-11(16-6-9)8-15-7-10(14)5-13/h4,6,10,12-14H,3,5,7-8H2. The molecule has 1 aromatic heterocycles. The van der Waals surface area contributed by atoms with E-state index in [2.05, 4.69) is 11.8 Å². The Morgan fingerprint density at radius 3 is 2.94 bits per heavy atom. The highest BCUT2D eigenvalue weighted by Gasteiger charge is 2.03. The van der Waals surface area contributed by atoms with Gasteiger partial charge in [0.15, 0.2) is 0 Å². The van der Waals surface area contributed by atoms with Gasteiger partial charge in [-0.05, 0) is 6.07 Å². The van der Waals surface area contributed by atoms with Crippen molar-refractivity contribution < 1.29 is 15.3 Å². The number of hydrogen-bond donors (Lipinski definition) is 3. The first-order valence-corrected chi connectivity index (χ1v) is 6.83. The number of hydrogen-bond acceptors (Lipinski definition) is 5. The Bertz CT molecular complexity index is 365. The number of aliphatic hydroxyl groups is 3. The molecule has 88 valence electrons. The van der Waals surface area contributed by atoms with Crippen molar-refractivity contribution in [3.8, 4) is 11.8 Å². The van der Waals surface area contributed by atoms with E-state index in [4.69, 9.17) is 15.3 Å². The van der Waals surface area contributed by atoms with Crippen LogP contribution < -0.4 is 0 Å². The van der Waals surface area contributed by atoms with Gasteiger partial charge in [0.05, 0.1) is 12.7 Å². The van der Waals surface area contributed by atoms with Crippen LogP contribution in [0.3, 0.4) is 0 Å². The van der Waals surface area contributed by atoms with Gasteiger partial charge in [0.2, 0.25) is 0 Å². The van der Waals surface area contributed by atoms with Gasteiger partial charge >= 0.3 is 0 Å². The van der Waals surface area contributed by atoms with Gasteiger partial charge in [-0.15, -0.1) is 11.3 Å². The minimum atomic E-state index is -0.640. The van der Waals surface area contributed by atoms with Crippen molar-refractivity contribution in [2.24, 2.45) is 0 Å². The van der Waals surface area contributed by atoms with E-state index < -0.39 is 6.10 Å². The summed E-state index contributed by atoms with van der Waals surface area (Å²) in [5.74, 6) is 6.77. The molecule has 0 aliphatic heterocycles. The molecule has 0 aliphatic rings. The van der Waals surface area contributed by atoms with Gasteiger partial charge < -0.3 is 15.3 Å². The second-order valence-electron chi connectivity index (χ2n) is 3.11. The van der Waals surface area contributed by atoms with E-state index in [9.17, 15) is 0 Å². The molecule has 1 unspecified atom stereocenters. The fourth-order valence-electron chi connectivity index (χ4n) is 1.01. The smallest absolute Gasteiger partial charge is 0.104 e. The van der Waals surface area contributed by atoms with Crippen molar-refractivity contribution >= 4 is 23.1 Å². The Morgan fingerprint density at radius 2 is 2.25 bits per heavy atom. The van der Waals surface area contributed by atoms with Gasteiger partial charge in [0.1, 0.15) is 6.61 Å². The molecule has 1 atom stereocenters. The molecule has 5 heteroatoms. The van der Waals surface area contributed by atoms with Crippen LogP contribution in [0, 0.1) is 11.8 Å². The van der Waals surface area contributed by atoms with Gasteiger partial charge in [0, 0.05) is 27.3 Å². The number of rotatable bonds is 5. The second-order valence-corrected chi connectivity index (χ2v) is 5.14. The van der Waals surface area contributed by atoms with Crippen LogP contribution in [-0.2, 0) is 5.75 Å². The lowest BCUT2D eigenvalue weighted by Gasteiger charge is -2.04. The molecule has 0 aliphatic carbocycles. The predicted molar refractivity (Wildman–Crippen MR) is 67.5 cm³/mol. The fourth-order valence-corrected chi connectivity index (χ4v) is 2.91. The zero-order valence-corrected chi connectivity index (χ0v) is 10.4. The summed E-state index contributed by atoms with van der Waals surface area (Å²) in [7, 11) is 0. The first kappa shape index (κ1) is 13.6. The molecule has 1 heterocycles. The summed E-state index contributed by atoms with van der Waals surface area (Å²) >= 11 is 3.19. The largest absolute Gasteiger partial charge is 0.394 e. The fraction of sp³-hybridized carbons (Fsp3) is 0.455. The quantitative estimate of drug-likeness (QED) is 0.680. The van der Waals surface area contributed by atoms with Crippen molar-refractivity contribution in [3.05, 3.63) is 21.9 Å². The van der Waals surface area contributed by atoms with Crippen LogP contribution in [0.15, 0.2) is 11.4 Å². The van der Waals surface area contributed by atoms with Gasteiger partial charge in [-0.1, -0.05) is 11.8 Å².